The van der Waals surface area contributed by atoms with Crippen molar-refractivity contribution in [2.45, 2.75) is 26.7 Å². The molecule has 0 saturated carbocycles. The van der Waals surface area contributed by atoms with Crippen LogP contribution in [0.15, 0.2) is 36.4 Å². The molecule has 0 radical (unpaired) electrons. The largest absolute Gasteiger partial charge is 0.493 e. The van der Waals surface area contributed by atoms with Gasteiger partial charge in [-0.05, 0) is 35.7 Å². The van der Waals surface area contributed by atoms with E-state index in [0.717, 1.165) is 25.2 Å². The molecule has 1 atom stereocenters. The minimum Gasteiger partial charge on any atom is -0.493 e. The average Bonchev–Trinajstić information content (AvgIpc) is 2.46. The summed E-state index contributed by atoms with van der Waals surface area (Å²) in [6, 6.07) is 12.6. The first kappa shape index (κ1) is 13.9. The molecule has 0 aliphatic rings. The molecule has 102 valence electrons. The first-order chi connectivity index (χ1) is 9.26. The molecule has 2 heteroatoms. The number of hydrogen-bond donors (Lipinski definition) is 1. The normalized spacial score (nSPS) is 12.6. The van der Waals surface area contributed by atoms with E-state index in [1.54, 1.807) is 0 Å². The zero-order valence-corrected chi connectivity index (χ0v) is 11.9. The summed E-state index contributed by atoms with van der Waals surface area (Å²) in [7, 11) is 0. The number of hydrogen-bond acceptors (Lipinski definition) is 2. The van der Waals surface area contributed by atoms with Gasteiger partial charge in [0.1, 0.15) is 5.75 Å². The van der Waals surface area contributed by atoms with Gasteiger partial charge >= 0.3 is 0 Å². The molecule has 0 fully saturated rings. The third kappa shape index (κ3) is 3.27. The van der Waals surface area contributed by atoms with Crippen LogP contribution in [0, 0.1) is 5.92 Å². The Morgan fingerprint density at radius 3 is 2.68 bits per heavy atom. The molecule has 0 spiro atoms. The van der Waals surface area contributed by atoms with Crippen molar-refractivity contribution in [2.24, 2.45) is 11.7 Å². The van der Waals surface area contributed by atoms with Crippen LogP contribution in [0.4, 0.5) is 0 Å². The van der Waals surface area contributed by atoms with E-state index in [4.69, 9.17) is 10.5 Å². The molecule has 0 aromatic heterocycles. The zero-order valence-electron chi connectivity index (χ0n) is 11.9. The maximum absolute atomic E-state index is 5.99. The van der Waals surface area contributed by atoms with Gasteiger partial charge in [-0.3, -0.25) is 0 Å². The van der Waals surface area contributed by atoms with Crippen LogP contribution in [0.2, 0.25) is 0 Å². The molecule has 1 unspecified atom stereocenters. The maximum Gasteiger partial charge on any atom is 0.123 e. The quantitative estimate of drug-likeness (QED) is 0.855. The fourth-order valence-electron chi connectivity index (χ4n) is 2.20. The minimum atomic E-state index is 0.581. The Hall–Kier alpha value is -1.54. The van der Waals surface area contributed by atoms with Crippen molar-refractivity contribution in [3.63, 3.8) is 0 Å². The fraction of sp³-hybridized carbons (Fsp3) is 0.412. The SMILES string of the molecule is CCC(C)COc1ccc2ccccc2c1CCN. The van der Waals surface area contributed by atoms with Gasteiger partial charge in [0, 0.05) is 5.56 Å². The lowest BCUT2D eigenvalue weighted by atomic mass is 10.0. The molecule has 0 heterocycles. The molecule has 0 aliphatic heterocycles. The third-order valence-corrected chi connectivity index (χ3v) is 3.61. The van der Waals surface area contributed by atoms with Gasteiger partial charge in [-0.2, -0.15) is 0 Å². The zero-order chi connectivity index (χ0) is 13.7. The van der Waals surface area contributed by atoms with Crippen LogP contribution in [0.5, 0.6) is 5.75 Å². The number of rotatable bonds is 6. The molecule has 0 amide bonds. The summed E-state index contributed by atoms with van der Waals surface area (Å²) in [5, 5.41) is 2.51. The fourth-order valence-corrected chi connectivity index (χ4v) is 2.20. The first-order valence-electron chi connectivity index (χ1n) is 7.09. The lowest BCUT2D eigenvalue weighted by molar-refractivity contribution is 0.255. The summed E-state index contributed by atoms with van der Waals surface area (Å²) in [5.74, 6) is 1.57. The molecular formula is C17H23NO. The highest BCUT2D eigenvalue weighted by atomic mass is 16.5. The minimum absolute atomic E-state index is 0.581. The second kappa shape index (κ2) is 6.58. The Balaban J connectivity index is 2.34. The van der Waals surface area contributed by atoms with Crippen molar-refractivity contribution < 1.29 is 4.74 Å². The van der Waals surface area contributed by atoms with Gasteiger partial charge in [-0.25, -0.2) is 0 Å². The van der Waals surface area contributed by atoms with Crippen molar-refractivity contribution in [3.8, 4) is 5.75 Å². The highest BCUT2D eigenvalue weighted by Crippen LogP contribution is 2.28. The Morgan fingerprint density at radius 2 is 1.95 bits per heavy atom. The molecule has 19 heavy (non-hydrogen) atoms. The van der Waals surface area contributed by atoms with Crippen LogP contribution >= 0.6 is 0 Å². The van der Waals surface area contributed by atoms with Crippen molar-refractivity contribution in [1.82, 2.24) is 0 Å². The summed E-state index contributed by atoms with van der Waals surface area (Å²) in [6.45, 7) is 5.82. The standard InChI is InChI=1S/C17H23NO/c1-3-13(2)12-19-17-9-8-14-6-4-5-7-15(14)16(17)10-11-18/h4-9,13H,3,10-12,18H2,1-2H3. The van der Waals surface area contributed by atoms with Gasteiger partial charge < -0.3 is 10.5 Å². The summed E-state index contributed by atoms with van der Waals surface area (Å²) in [5.41, 5.74) is 6.99. The molecule has 2 aromatic carbocycles. The van der Waals surface area contributed by atoms with Crippen molar-refractivity contribution in [1.29, 1.82) is 0 Å². The van der Waals surface area contributed by atoms with E-state index in [1.165, 1.54) is 16.3 Å². The Kier molecular flexibility index (Phi) is 4.80. The van der Waals surface area contributed by atoms with Crippen molar-refractivity contribution in [3.05, 3.63) is 42.0 Å². The third-order valence-electron chi connectivity index (χ3n) is 3.61. The van der Waals surface area contributed by atoms with Gasteiger partial charge in [-0.15, -0.1) is 0 Å². The van der Waals surface area contributed by atoms with Gasteiger partial charge in [0.25, 0.3) is 0 Å². The van der Waals surface area contributed by atoms with E-state index in [0.29, 0.717) is 12.5 Å². The predicted octanol–water partition coefficient (Wildman–Crippen LogP) is 3.77. The van der Waals surface area contributed by atoms with Gasteiger partial charge in [0.2, 0.25) is 0 Å². The maximum atomic E-state index is 5.99. The predicted molar refractivity (Wildman–Crippen MR) is 81.7 cm³/mol. The van der Waals surface area contributed by atoms with Gasteiger partial charge in [0.05, 0.1) is 6.61 Å². The lowest BCUT2D eigenvalue weighted by Crippen LogP contribution is -2.10. The van der Waals surface area contributed by atoms with Crippen LogP contribution in [-0.4, -0.2) is 13.2 Å². The molecule has 0 saturated heterocycles. The number of ether oxygens (including phenoxy) is 1. The van der Waals surface area contributed by atoms with Crippen LogP contribution in [0.3, 0.4) is 0 Å². The second-order valence-electron chi connectivity index (χ2n) is 5.13. The highest BCUT2D eigenvalue weighted by molar-refractivity contribution is 5.87. The summed E-state index contributed by atoms with van der Waals surface area (Å²) < 4.78 is 5.99. The van der Waals surface area contributed by atoms with Crippen molar-refractivity contribution >= 4 is 10.8 Å². The molecule has 0 bridgehead atoms. The van der Waals surface area contributed by atoms with E-state index in [1.807, 2.05) is 0 Å². The topological polar surface area (TPSA) is 35.2 Å². The van der Waals surface area contributed by atoms with E-state index >= 15 is 0 Å². The van der Waals surface area contributed by atoms with Gasteiger partial charge in [0.15, 0.2) is 0 Å². The van der Waals surface area contributed by atoms with Crippen molar-refractivity contribution in [2.75, 3.05) is 13.2 Å². The smallest absolute Gasteiger partial charge is 0.123 e. The van der Waals surface area contributed by atoms with Crippen LogP contribution in [-0.2, 0) is 6.42 Å². The summed E-state index contributed by atoms with van der Waals surface area (Å²) in [4.78, 5) is 0. The van der Waals surface area contributed by atoms with E-state index in [9.17, 15) is 0 Å². The highest BCUT2D eigenvalue weighted by Gasteiger charge is 2.09. The molecule has 2 nitrogen and oxygen atoms in total. The molecule has 0 aliphatic carbocycles. The molecule has 2 aromatic rings. The molecule has 2 N–H and O–H groups in total. The number of nitrogens with two attached hydrogens (primary N) is 1. The number of fused-ring (bicyclic) bond motifs is 1. The summed E-state index contributed by atoms with van der Waals surface area (Å²) in [6.07, 6.45) is 2.00. The molecule has 2 rings (SSSR count). The van der Waals surface area contributed by atoms with Gasteiger partial charge in [-0.1, -0.05) is 50.6 Å². The lowest BCUT2D eigenvalue weighted by Gasteiger charge is -2.16. The van der Waals surface area contributed by atoms with Crippen LogP contribution < -0.4 is 10.5 Å². The van der Waals surface area contributed by atoms with Crippen LogP contribution in [0.25, 0.3) is 10.8 Å². The second-order valence-corrected chi connectivity index (χ2v) is 5.13. The monoisotopic (exact) mass is 257 g/mol. The first-order valence-corrected chi connectivity index (χ1v) is 7.09. The van der Waals surface area contributed by atoms with E-state index in [2.05, 4.69) is 50.2 Å². The Morgan fingerprint density at radius 1 is 1.16 bits per heavy atom. The van der Waals surface area contributed by atoms with E-state index in [-0.39, 0.29) is 0 Å². The number of benzene rings is 2. The van der Waals surface area contributed by atoms with Crippen LogP contribution in [0.1, 0.15) is 25.8 Å². The summed E-state index contributed by atoms with van der Waals surface area (Å²) >= 11 is 0. The molecular weight excluding hydrogens is 234 g/mol. The Labute approximate surface area is 115 Å². The average molecular weight is 257 g/mol. The van der Waals surface area contributed by atoms with E-state index < -0.39 is 0 Å². The Bertz CT molecular complexity index is 536.